The maximum Gasteiger partial charge on any atom is 0.0804 e. The summed E-state index contributed by atoms with van der Waals surface area (Å²) in [7, 11) is 0. The monoisotopic (exact) mass is 304 g/mol. The van der Waals surface area contributed by atoms with Gasteiger partial charge in [0.2, 0.25) is 0 Å². The van der Waals surface area contributed by atoms with Crippen molar-refractivity contribution in [3.63, 3.8) is 0 Å². The lowest BCUT2D eigenvalue weighted by molar-refractivity contribution is 0.111. The Kier molecular flexibility index (Phi) is 5.03. The van der Waals surface area contributed by atoms with Crippen molar-refractivity contribution in [2.75, 3.05) is 0 Å². The number of allylic oxidation sites excluding steroid dienone is 2. The lowest BCUT2D eigenvalue weighted by Crippen LogP contribution is -2.29. The zero-order valence-corrected chi connectivity index (χ0v) is 14.7. The van der Waals surface area contributed by atoms with Gasteiger partial charge in [-0.3, -0.25) is 0 Å². The van der Waals surface area contributed by atoms with Crippen molar-refractivity contribution in [2.45, 2.75) is 84.3 Å². The van der Waals surface area contributed by atoms with Crippen LogP contribution in [0.5, 0.6) is 0 Å². The first-order valence-corrected chi connectivity index (χ1v) is 8.60. The van der Waals surface area contributed by atoms with Crippen LogP contribution in [0.4, 0.5) is 0 Å². The van der Waals surface area contributed by atoms with Gasteiger partial charge in [0.05, 0.1) is 11.7 Å². The molecule has 2 aliphatic rings. The Balaban J connectivity index is 2.45. The molecule has 2 aliphatic carbocycles. The maximum absolute atomic E-state index is 10.9. The van der Waals surface area contributed by atoms with Crippen LogP contribution in [0.25, 0.3) is 0 Å². The molecule has 0 fully saturated rings. The standard InChI is InChI=1S/C20H32O2/c1-14-7-6-8-15(2)13-17(21)18-16(19(3,4)22)10-12-20(18,5)11-9-14/h8,17,21-22H,1,6-7,9-13H2,2-5H3. The SMILES string of the molecule is C=C1CCC=C(C)CC(O)C2=C(C(C)(C)O)CCC2(C)CC1. The van der Waals surface area contributed by atoms with E-state index in [2.05, 4.69) is 26.5 Å². The van der Waals surface area contributed by atoms with Gasteiger partial charge >= 0.3 is 0 Å². The molecule has 0 bridgehead atoms. The molecule has 22 heavy (non-hydrogen) atoms. The highest BCUT2D eigenvalue weighted by atomic mass is 16.3. The van der Waals surface area contributed by atoms with Gasteiger partial charge in [-0.15, -0.1) is 0 Å². The van der Waals surface area contributed by atoms with Crippen LogP contribution in [-0.2, 0) is 0 Å². The lowest BCUT2D eigenvalue weighted by Gasteiger charge is -2.33. The summed E-state index contributed by atoms with van der Waals surface area (Å²) in [6, 6.07) is 0. The Morgan fingerprint density at radius 3 is 2.50 bits per heavy atom. The Morgan fingerprint density at radius 2 is 1.86 bits per heavy atom. The van der Waals surface area contributed by atoms with Crippen LogP contribution in [0, 0.1) is 5.41 Å². The number of hydrogen-bond donors (Lipinski definition) is 2. The number of hydrogen-bond acceptors (Lipinski definition) is 2. The molecule has 0 amide bonds. The molecular weight excluding hydrogens is 272 g/mol. The zero-order valence-electron chi connectivity index (χ0n) is 14.7. The van der Waals surface area contributed by atoms with E-state index in [9.17, 15) is 10.2 Å². The van der Waals surface area contributed by atoms with Crippen molar-refractivity contribution >= 4 is 0 Å². The Bertz CT molecular complexity index is 504. The molecule has 0 radical (unpaired) electrons. The quantitative estimate of drug-likeness (QED) is 0.690. The molecule has 0 heterocycles. The van der Waals surface area contributed by atoms with Gasteiger partial charge in [-0.2, -0.15) is 0 Å². The van der Waals surface area contributed by atoms with E-state index in [0.29, 0.717) is 6.42 Å². The Morgan fingerprint density at radius 1 is 1.23 bits per heavy atom. The summed E-state index contributed by atoms with van der Waals surface area (Å²) in [5.74, 6) is 0. The van der Waals surface area contributed by atoms with Gasteiger partial charge in [-0.05, 0) is 82.3 Å². The smallest absolute Gasteiger partial charge is 0.0804 e. The number of aliphatic hydroxyl groups excluding tert-OH is 1. The van der Waals surface area contributed by atoms with Gasteiger partial charge in [0.1, 0.15) is 0 Å². The zero-order chi connectivity index (χ0) is 16.5. The molecule has 0 aromatic heterocycles. The minimum atomic E-state index is -0.844. The number of fused-ring (bicyclic) bond motifs is 1. The van der Waals surface area contributed by atoms with Gasteiger partial charge in [0.15, 0.2) is 0 Å². The molecule has 0 aromatic rings. The average molecular weight is 304 g/mol. The van der Waals surface area contributed by atoms with Gasteiger partial charge in [0, 0.05) is 0 Å². The fourth-order valence-electron chi connectivity index (χ4n) is 4.12. The summed E-state index contributed by atoms with van der Waals surface area (Å²) in [6.07, 6.45) is 8.45. The van der Waals surface area contributed by atoms with Crippen molar-refractivity contribution in [2.24, 2.45) is 5.41 Å². The minimum Gasteiger partial charge on any atom is -0.388 e. The van der Waals surface area contributed by atoms with Crippen LogP contribution >= 0.6 is 0 Å². The van der Waals surface area contributed by atoms with Crippen LogP contribution in [-0.4, -0.2) is 21.9 Å². The minimum absolute atomic E-state index is 0.0116. The normalized spacial score (nSPS) is 31.6. The molecular formula is C20H32O2. The second-order valence-corrected chi connectivity index (χ2v) is 8.07. The van der Waals surface area contributed by atoms with E-state index < -0.39 is 11.7 Å². The largest absolute Gasteiger partial charge is 0.388 e. The molecule has 2 nitrogen and oxygen atoms in total. The molecule has 2 heteroatoms. The highest BCUT2D eigenvalue weighted by molar-refractivity contribution is 5.36. The lowest BCUT2D eigenvalue weighted by atomic mass is 9.74. The summed E-state index contributed by atoms with van der Waals surface area (Å²) >= 11 is 0. The van der Waals surface area contributed by atoms with Gasteiger partial charge in [-0.25, -0.2) is 0 Å². The average Bonchev–Trinajstić information content (AvgIpc) is 2.73. The van der Waals surface area contributed by atoms with Crippen molar-refractivity contribution in [3.8, 4) is 0 Å². The third-order valence-electron chi connectivity index (χ3n) is 5.51. The first-order chi connectivity index (χ1) is 10.1. The third kappa shape index (κ3) is 3.72. The van der Waals surface area contributed by atoms with E-state index in [1.807, 2.05) is 13.8 Å². The van der Waals surface area contributed by atoms with E-state index >= 15 is 0 Å². The van der Waals surface area contributed by atoms with Crippen LogP contribution < -0.4 is 0 Å². The van der Waals surface area contributed by atoms with Crippen molar-refractivity contribution in [3.05, 3.63) is 34.9 Å². The fraction of sp³-hybridized carbons (Fsp3) is 0.700. The van der Waals surface area contributed by atoms with Gasteiger partial charge in [-0.1, -0.05) is 30.7 Å². The molecule has 0 spiro atoms. The third-order valence-corrected chi connectivity index (χ3v) is 5.51. The number of aliphatic hydroxyl groups is 2. The molecule has 2 rings (SSSR count). The van der Waals surface area contributed by atoms with Crippen LogP contribution in [0.3, 0.4) is 0 Å². The van der Waals surface area contributed by atoms with Crippen LogP contribution in [0.2, 0.25) is 0 Å². The molecule has 0 saturated carbocycles. The second-order valence-electron chi connectivity index (χ2n) is 8.07. The molecule has 2 N–H and O–H groups in total. The van der Waals surface area contributed by atoms with E-state index in [1.165, 1.54) is 11.1 Å². The molecule has 2 unspecified atom stereocenters. The summed E-state index contributed by atoms with van der Waals surface area (Å²) in [5.41, 5.74) is 3.84. The molecule has 124 valence electrons. The predicted molar refractivity (Wildman–Crippen MR) is 92.7 cm³/mol. The van der Waals surface area contributed by atoms with Crippen molar-refractivity contribution in [1.82, 2.24) is 0 Å². The van der Waals surface area contributed by atoms with E-state index in [1.54, 1.807) is 0 Å². The van der Waals surface area contributed by atoms with Gasteiger partial charge in [0.25, 0.3) is 0 Å². The summed E-state index contributed by atoms with van der Waals surface area (Å²) in [5, 5.41) is 21.4. The van der Waals surface area contributed by atoms with Crippen LogP contribution in [0.1, 0.15) is 72.6 Å². The van der Waals surface area contributed by atoms with E-state index in [-0.39, 0.29) is 5.41 Å². The number of rotatable bonds is 1. The van der Waals surface area contributed by atoms with Crippen molar-refractivity contribution < 1.29 is 10.2 Å². The summed E-state index contributed by atoms with van der Waals surface area (Å²) < 4.78 is 0. The highest BCUT2D eigenvalue weighted by Crippen LogP contribution is 2.51. The predicted octanol–water partition coefficient (Wildman–Crippen LogP) is 4.68. The van der Waals surface area contributed by atoms with Gasteiger partial charge < -0.3 is 10.2 Å². The van der Waals surface area contributed by atoms with Crippen LogP contribution in [0.15, 0.2) is 34.9 Å². The second kappa shape index (κ2) is 6.33. The maximum atomic E-state index is 10.9. The van der Waals surface area contributed by atoms with Crippen molar-refractivity contribution in [1.29, 1.82) is 0 Å². The summed E-state index contributed by atoms with van der Waals surface area (Å²) in [4.78, 5) is 0. The summed E-state index contributed by atoms with van der Waals surface area (Å²) in [6.45, 7) is 12.3. The molecule has 0 aromatic carbocycles. The molecule has 2 atom stereocenters. The highest BCUT2D eigenvalue weighted by Gasteiger charge is 2.43. The first kappa shape index (κ1) is 17.5. The van der Waals surface area contributed by atoms with E-state index in [0.717, 1.165) is 49.7 Å². The molecule has 0 saturated heterocycles. The first-order valence-electron chi connectivity index (χ1n) is 8.60. The molecule has 0 aliphatic heterocycles. The Labute approximate surface area is 135 Å². The fourth-order valence-corrected chi connectivity index (χ4v) is 4.12. The topological polar surface area (TPSA) is 40.5 Å². The Hall–Kier alpha value is -0.860. The van der Waals surface area contributed by atoms with E-state index in [4.69, 9.17) is 0 Å².